The van der Waals surface area contributed by atoms with E-state index in [9.17, 15) is 23.1 Å². The number of aliphatic carboxylic acids is 1. The number of carbonyl (C=O) groups is 2. The largest absolute Gasteiger partial charge is 0.480 e. The van der Waals surface area contributed by atoms with Gasteiger partial charge >= 0.3 is 5.97 Å². The fourth-order valence-electron chi connectivity index (χ4n) is 2.78. The fraction of sp³-hybridized carbons (Fsp3) is 0.529. The van der Waals surface area contributed by atoms with Gasteiger partial charge in [-0.15, -0.1) is 0 Å². The first-order chi connectivity index (χ1) is 11.8. The van der Waals surface area contributed by atoms with Gasteiger partial charge in [-0.1, -0.05) is 30.3 Å². The second-order valence-corrected chi connectivity index (χ2v) is 8.68. The van der Waals surface area contributed by atoms with Crippen molar-refractivity contribution in [2.24, 2.45) is 0 Å². The third kappa shape index (κ3) is 5.02. The van der Waals surface area contributed by atoms with Crippen LogP contribution in [0, 0.1) is 0 Å². The van der Waals surface area contributed by atoms with E-state index in [0.717, 1.165) is 5.56 Å². The van der Waals surface area contributed by atoms with Crippen LogP contribution in [0.25, 0.3) is 0 Å². The molecule has 2 rings (SSSR count). The van der Waals surface area contributed by atoms with E-state index in [1.165, 1.54) is 6.92 Å². The number of hydrogen-bond donors (Lipinski definition) is 2. The van der Waals surface area contributed by atoms with Crippen molar-refractivity contribution in [1.29, 1.82) is 0 Å². The van der Waals surface area contributed by atoms with Crippen molar-refractivity contribution >= 4 is 21.7 Å². The molecule has 1 aromatic carbocycles. The lowest BCUT2D eigenvalue weighted by Gasteiger charge is -2.25. The van der Waals surface area contributed by atoms with Gasteiger partial charge in [-0.2, -0.15) is 0 Å². The molecule has 1 saturated heterocycles. The standard InChI is InChI=1S/C17H23NO6S/c1-12(25(22,23)14-7-9-24-10-8-14)16(19)18-15(17(20)21)11-13-5-3-2-4-6-13/h2-6,12,14-15H,7-11H2,1H3,(H,18,19)(H,20,21). The van der Waals surface area contributed by atoms with E-state index in [0.29, 0.717) is 26.1 Å². The fourth-order valence-corrected chi connectivity index (χ4v) is 4.57. The van der Waals surface area contributed by atoms with Crippen LogP contribution in [0.2, 0.25) is 0 Å². The Labute approximate surface area is 147 Å². The van der Waals surface area contributed by atoms with E-state index in [1.807, 2.05) is 0 Å². The monoisotopic (exact) mass is 369 g/mol. The van der Waals surface area contributed by atoms with E-state index in [-0.39, 0.29) is 6.42 Å². The first kappa shape index (κ1) is 19.4. The Balaban J connectivity index is 2.05. The molecule has 1 aliphatic rings. The van der Waals surface area contributed by atoms with Crippen molar-refractivity contribution in [1.82, 2.24) is 5.32 Å². The molecule has 138 valence electrons. The highest BCUT2D eigenvalue weighted by molar-refractivity contribution is 7.93. The summed E-state index contributed by atoms with van der Waals surface area (Å²) in [6, 6.07) is 7.68. The van der Waals surface area contributed by atoms with E-state index >= 15 is 0 Å². The van der Waals surface area contributed by atoms with E-state index < -0.39 is 38.3 Å². The lowest BCUT2D eigenvalue weighted by atomic mass is 10.1. The first-order valence-corrected chi connectivity index (χ1v) is 9.81. The van der Waals surface area contributed by atoms with Gasteiger partial charge in [-0.05, 0) is 25.3 Å². The average Bonchev–Trinajstić information content (AvgIpc) is 2.62. The first-order valence-electron chi connectivity index (χ1n) is 8.20. The maximum absolute atomic E-state index is 12.6. The quantitative estimate of drug-likeness (QED) is 0.735. The van der Waals surface area contributed by atoms with Crippen molar-refractivity contribution in [2.75, 3.05) is 13.2 Å². The molecule has 2 unspecified atom stereocenters. The molecule has 1 aromatic rings. The van der Waals surface area contributed by atoms with Crippen LogP contribution in [-0.2, 0) is 30.6 Å². The molecule has 25 heavy (non-hydrogen) atoms. The number of ether oxygens (including phenoxy) is 1. The summed E-state index contributed by atoms with van der Waals surface area (Å²) in [7, 11) is -3.69. The molecule has 0 radical (unpaired) electrons. The van der Waals surface area contributed by atoms with Crippen LogP contribution < -0.4 is 5.32 Å². The third-order valence-corrected chi connectivity index (χ3v) is 6.99. The zero-order valence-electron chi connectivity index (χ0n) is 14.1. The summed E-state index contributed by atoms with van der Waals surface area (Å²) in [6.07, 6.45) is 0.796. The van der Waals surface area contributed by atoms with Gasteiger partial charge in [-0.25, -0.2) is 13.2 Å². The Bertz CT molecular complexity index is 697. The molecule has 0 aromatic heterocycles. The number of hydrogen-bond acceptors (Lipinski definition) is 5. The van der Waals surface area contributed by atoms with Gasteiger partial charge in [0.05, 0.1) is 5.25 Å². The van der Waals surface area contributed by atoms with Crippen LogP contribution in [0.4, 0.5) is 0 Å². The van der Waals surface area contributed by atoms with Gasteiger partial charge in [0.1, 0.15) is 11.3 Å². The summed E-state index contributed by atoms with van der Waals surface area (Å²) in [5.41, 5.74) is 0.745. The van der Waals surface area contributed by atoms with Crippen molar-refractivity contribution in [3.63, 3.8) is 0 Å². The minimum Gasteiger partial charge on any atom is -0.480 e. The molecular weight excluding hydrogens is 346 g/mol. The van der Waals surface area contributed by atoms with Gasteiger partial charge in [-0.3, -0.25) is 4.79 Å². The van der Waals surface area contributed by atoms with Crippen LogP contribution in [0.1, 0.15) is 25.3 Å². The SMILES string of the molecule is CC(C(=O)NC(Cc1ccccc1)C(=O)O)S(=O)(=O)C1CCOCC1. The molecule has 1 heterocycles. The van der Waals surface area contributed by atoms with Crippen LogP contribution in [0.3, 0.4) is 0 Å². The number of nitrogens with one attached hydrogen (secondary N) is 1. The second kappa shape index (κ2) is 8.44. The molecule has 0 saturated carbocycles. The lowest BCUT2D eigenvalue weighted by Crippen LogP contribution is -2.49. The molecule has 0 bridgehead atoms. The lowest BCUT2D eigenvalue weighted by molar-refractivity contribution is -0.141. The van der Waals surface area contributed by atoms with E-state index in [1.54, 1.807) is 30.3 Å². The minimum absolute atomic E-state index is 0.0892. The Kier molecular flexibility index (Phi) is 6.55. The van der Waals surface area contributed by atoms with Crippen molar-refractivity contribution in [3.8, 4) is 0 Å². The number of benzene rings is 1. The van der Waals surface area contributed by atoms with E-state index in [4.69, 9.17) is 4.74 Å². The van der Waals surface area contributed by atoms with Gasteiger partial charge in [0.15, 0.2) is 9.84 Å². The van der Waals surface area contributed by atoms with E-state index in [2.05, 4.69) is 5.32 Å². The molecule has 2 N–H and O–H groups in total. The molecule has 2 atom stereocenters. The van der Waals surface area contributed by atoms with Crippen molar-refractivity contribution < 1.29 is 27.9 Å². The van der Waals surface area contributed by atoms with Crippen LogP contribution >= 0.6 is 0 Å². The zero-order chi connectivity index (χ0) is 18.4. The molecular formula is C17H23NO6S. The highest BCUT2D eigenvalue weighted by Crippen LogP contribution is 2.20. The Morgan fingerprint density at radius 3 is 2.40 bits per heavy atom. The highest BCUT2D eigenvalue weighted by Gasteiger charge is 2.37. The van der Waals surface area contributed by atoms with Crippen molar-refractivity contribution in [3.05, 3.63) is 35.9 Å². The number of carbonyl (C=O) groups excluding carboxylic acids is 1. The third-order valence-electron chi connectivity index (χ3n) is 4.39. The average molecular weight is 369 g/mol. The highest BCUT2D eigenvalue weighted by atomic mass is 32.2. The van der Waals surface area contributed by atoms with Crippen molar-refractivity contribution in [2.45, 2.75) is 42.7 Å². The maximum Gasteiger partial charge on any atom is 0.326 e. The Hall–Kier alpha value is -1.93. The Morgan fingerprint density at radius 1 is 1.24 bits per heavy atom. The molecule has 8 heteroatoms. The maximum atomic E-state index is 12.6. The number of rotatable bonds is 7. The summed E-state index contributed by atoms with van der Waals surface area (Å²) < 4.78 is 30.3. The second-order valence-electron chi connectivity index (χ2n) is 6.13. The smallest absolute Gasteiger partial charge is 0.326 e. The predicted octanol–water partition coefficient (Wildman–Crippen LogP) is 0.781. The predicted molar refractivity (Wildman–Crippen MR) is 91.9 cm³/mol. The summed E-state index contributed by atoms with van der Waals surface area (Å²) in [6.45, 7) is 2.01. The summed E-state index contributed by atoms with van der Waals surface area (Å²) in [5.74, 6) is -1.98. The van der Waals surface area contributed by atoms with Gasteiger partial charge in [0.2, 0.25) is 5.91 Å². The summed E-state index contributed by atoms with van der Waals surface area (Å²) in [5, 5.41) is 9.77. The Morgan fingerprint density at radius 2 is 1.84 bits per heavy atom. The zero-order valence-corrected chi connectivity index (χ0v) is 14.9. The molecule has 1 aliphatic heterocycles. The molecule has 0 aliphatic carbocycles. The normalized spacial score (nSPS) is 18.3. The minimum atomic E-state index is -3.69. The van der Waals surface area contributed by atoms with Gasteiger partial charge < -0.3 is 15.2 Å². The molecule has 0 spiro atoms. The molecule has 1 fully saturated rings. The summed E-state index contributed by atoms with van der Waals surface area (Å²) >= 11 is 0. The van der Waals surface area contributed by atoms with Crippen LogP contribution in [-0.4, -0.2) is 55.2 Å². The van der Waals surface area contributed by atoms with Gasteiger partial charge in [0.25, 0.3) is 0 Å². The topological polar surface area (TPSA) is 110 Å². The van der Waals surface area contributed by atoms with Crippen LogP contribution in [0.15, 0.2) is 30.3 Å². The number of carboxylic acid groups (broad SMARTS) is 1. The molecule has 1 amide bonds. The number of sulfone groups is 1. The summed E-state index contributed by atoms with van der Waals surface area (Å²) in [4.78, 5) is 23.8. The van der Waals surface area contributed by atoms with Crippen LogP contribution in [0.5, 0.6) is 0 Å². The molecule has 7 nitrogen and oxygen atoms in total. The van der Waals surface area contributed by atoms with Gasteiger partial charge in [0, 0.05) is 19.6 Å². The number of carboxylic acids is 1. The number of amides is 1.